The standard InChI is InChI=1S/C17H23NO2/c1-12-3-2-4-15(9-12)20-8-7-18-17(19)16-11-13-5-6-14(16)10-13/h2-4,9,13-14,16H,5-8,10-11H2,1H3,(H,18,19). The molecule has 0 radical (unpaired) electrons. The fourth-order valence-electron chi connectivity index (χ4n) is 3.75. The van der Waals surface area contributed by atoms with Gasteiger partial charge in [0.25, 0.3) is 0 Å². The van der Waals surface area contributed by atoms with Crippen LogP contribution in [0.15, 0.2) is 24.3 Å². The fraction of sp³-hybridized carbons (Fsp3) is 0.588. The lowest BCUT2D eigenvalue weighted by Gasteiger charge is -2.20. The van der Waals surface area contributed by atoms with Crippen LogP contribution in [0.5, 0.6) is 5.75 Å². The maximum Gasteiger partial charge on any atom is 0.223 e. The molecule has 2 aliphatic carbocycles. The number of amides is 1. The van der Waals surface area contributed by atoms with E-state index in [4.69, 9.17) is 4.74 Å². The van der Waals surface area contributed by atoms with Gasteiger partial charge in [0.2, 0.25) is 5.91 Å². The fourth-order valence-corrected chi connectivity index (χ4v) is 3.75. The van der Waals surface area contributed by atoms with Crippen molar-refractivity contribution in [2.24, 2.45) is 17.8 Å². The number of aryl methyl sites for hydroxylation is 1. The van der Waals surface area contributed by atoms with Gasteiger partial charge < -0.3 is 10.1 Å². The van der Waals surface area contributed by atoms with Gasteiger partial charge in [-0.2, -0.15) is 0 Å². The van der Waals surface area contributed by atoms with E-state index in [0.29, 0.717) is 19.1 Å². The molecular weight excluding hydrogens is 250 g/mol. The van der Waals surface area contributed by atoms with Crippen LogP contribution >= 0.6 is 0 Å². The van der Waals surface area contributed by atoms with Crippen LogP contribution in [0.1, 0.15) is 31.2 Å². The monoisotopic (exact) mass is 273 g/mol. The third kappa shape index (κ3) is 2.97. The number of benzene rings is 1. The molecular formula is C17H23NO2. The topological polar surface area (TPSA) is 38.3 Å². The Hall–Kier alpha value is -1.51. The molecule has 0 heterocycles. The van der Waals surface area contributed by atoms with Crippen molar-refractivity contribution in [2.75, 3.05) is 13.2 Å². The van der Waals surface area contributed by atoms with E-state index in [-0.39, 0.29) is 11.8 Å². The summed E-state index contributed by atoms with van der Waals surface area (Å²) in [7, 11) is 0. The smallest absolute Gasteiger partial charge is 0.223 e. The minimum absolute atomic E-state index is 0.241. The Morgan fingerprint density at radius 1 is 1.35 bits per heavy atom. The molecule has 0 saturated heterocycles. The van der Waals surface area contributed by atoms with E-state index in [2.05, 4.69) is 5.32 Å². The Bertz CT molecular complexity index is 486. The number of hydrogen-bond donors (Lipinski definition) is 1. The number of carbonyl (C=O) groups is 1. The lowest BCUT2D eigenvalue weighted by Crippen LogP contribution is -2.36. The maximum absolute atomic E-state index is 12.1. The molecule has 3 atom stereocenters. The van der Waals surface area contributed by atoms with Crippen LogP contribution in [-0.4, -0.2) is 19.1 Å². The summed E-state index contributed by atoms with van der Waals surface area (Å²) in [5, 5.41) is 3.03. The summed E-state index contributed by atoms with van der Waals surface area (Å²) in [6, 6.07) is 7.99. The van der Waals surface area contributed by atoms with Gasteiger partial charge in [-0.25, -0.2) is 0 Å². The Morgan fingerprint density at radius 3 is 2.95 bits per heavy atom. The highest BCUT2D eigenvalue weighted by Crippen LogP contribution is 2.48. The van der Waals surface area contributed by atoms with Gasteiger partial charge in [-0.15, -0.1) is 0 Å². The third-order valence-electron chi connectivity index (χ3n) is 4.73. The first kappa shape index (κ1) is 13.5. The van der Waals surface area contributed by atoms with E-state index in [1.165, 1.54) is 24.8 Å². The predicted molar refractivity (Wildman–Crippen MR) is 78.6 cm³/mol. The van der Waals surface area contributed by atoms with Gasteiger partial charge >= 0.3 is 0 Å². The zero-order valence-electron chi connectivity index (χ0n) is 12.1. The quantitative estimate of drug-likeness (QED) is 0.838. The van der Waals surface area contributed by atoms with E-state index < -0.39 is 0 Å². The molecule has 20 heavy (non-hydrogen) atoms. The summed E-state index contributed by atoms with van der Waals surface area (Å²) in [6.07, 6.45) is 4.97. The molecule has 3 unspecified atom stereocenters. The van der Waals surface area contributed by atoms with Gasteiger partial charge in [0.15, 0.2) is 0 Å². The molecule has 3 heteroatoms. The number of fused-ring (bicyclic) bond motifs is 2. The number of ether oxygens (including phenoxy) is 1. The van der Waals surface area contributed by atoms with Gasteiger partial charge in [0, 0.05) is 5.92 Å². The van der Waals surface area contributed by atoms with E-state index >= 15 is 0 Å². The van der Waals surface area contributed by atoms with Crippen LogP contribution in [-0.2, 0) is 4.79 Å². The summed E-state index contributed by atoms with van der Waals surface area (Å²) < 4.78 is 5.65. The highest BCUT2D eigenvalue weighted by Gasteiger charge is 2.42. The summed E-state index contributed by atoms with van der Waals surface area (Å²) in [6.45, 7) is 3.18. The highest BCUT2D eigenvalue weighted by atomic mass is 16.5. The zero-order chi connectivity index (χ0) is 13.9. The van der Waals surface area contributed by atoms with Crippen molar-refractivity contribution in [1.29, 1.82) is 0 Å². The van der Waals surface area contributed by atoms with Gasteiger partial charge in [-0.3, -0.25) is 4.79 Å². The molecule has 0 aromatic heterocycles. The van der Waals surface area contributed by atoms with E-state index in [1.54, 1.807) is 0 Å². The predicted octanol–water partition coefficient (Wildman–Crippen LogP) is 2.93. The van der Waals surface area contributed by atoms with Crippen molar-refractivity contribution in [3.8, 4) is 5.75 Å². The van der Waals surface area contributed by atoms with Crippen molar-refractivity contribution in [3.63, 3.8) is 0 Å². The van der Waals surface area contributed by atoms with Crippen molar-refractivity contribution >= 4 is 5.91 Å². The van der Waals surface area contributed by atoms with Gasteiger partial charge in [-0.1, -0.05) is 18.6 Å². The summed E-state index contributed by atoms with van der Waals surface area (Å²) in [4.78, 5) is 12.1. The molecule has 2 bridgehead atoms. The lowest BCUT2D eigenvalue weighted by atomic mass is 9.88. The number of nitrogens with one attached hydrogen (secondary N) is 1. The Labute approximate surface area is 120 Å². The average Bonchev–Trinajstić information content (AvgIpc) is 3.06. The van der Waals surface area contributed by atoms with Crippen LogP contribution in [0.4, 0.5) is 0 Å². The molecule has 1 aromatic rings. The van der Waals surface area contributed by atoms with Crippen LogP contribution in [0.3, 0.4) is 0 Å². The first-order chi connectivity index (χ1) is 9.72. The Balaban J connectivity index is 1.38. The summed E-state index contributed by atoms with van der Waals surface area (Å²) >= 11 is 0. The van der Waals surface area contributed by atoms with Gasteiger partial charge in [0.05, 0.1) is 6.54 Å². The van der Waals surface area contributed by atoms with Crippen LogP contribution in [0, 0.1) is 24.7 Å². The summed E-state index contributed by atoms with van der Waals surface area (Å²) in [5.41, 5.74) is 1.19. The van der Waals surface area contributed by atoms with Crippen molar-refractivity contribution in [2.45, 2.75) is 32.6 Å². The molecule has 2 fully saturated rings. The molecule has 2 saturated carbocycles. The second-order valence-corrected chi connectivity index (χ2v) is 6.24. The molecule has 1 N–H and O–H groups in total. The van der Waals surface area contributed by atoms with E-state index in [0.717, 1.165) is 18.1 Å². The van der Waals surface area contributed by atoms with Crippen molar-refractivity contribution < 1.29 is 9.53 Å². The molecule has 1 amide bonds. The molecule has 3 nitrogen and oxygen atoms in total. The van der Waals surface area contributed by atoms with Crippen molar-refractivity contribution in [3.05, 3.63) is 29.8 Å². The molecule has 1 aromatic carbocycles. The van der Waals surface area contributed by atoms with Crippen LogP contribution < -0.4 is 10.1 Å². The summed E-state index contributed by atoms with van der Waals surface area (Å²) in [5.74, 6) is 2.86. The largest absolute Gasteiger partial charge is 0.492 e. The van der Waals surface area contributed by atoms with Crippen LogP contribution in [0.2, 0.25) is 0 Å². The highest BCUT2D eigenvalue weighted by molar-refractivity contribution is 5.79. The minimum atomic E-state index is 0.241. The molecule has 2 aliphatic rings. The molecule has 0 aliphatic heterocycles. The maximum atomic E-state index is 12.1. The lowest BCUT2D eigenvalue weighted by molar-refractivity contribution is -0.126. The molecule has 3 rings (SSSR count). The van der Waals surface area contributed by atoms with Gasteiger partial charge in [0.1, 0.15) is 12.4 Å². The SMILES string of the molecule is Cc1cccc(OCCNC(=O)C2CC3CCC2C3)c1. The number of carbonyl (C=O) groups excluding carboxylic acids is 1. The van der Waals surface area contributed by atoms with Crippen LogP contribution in [0.25, 0.3) is 0 Å². The van der Waals surface area contributed by atoms with E-state index in [9.17, 15) is 4.79 Å². The zero-order valence-corrected chi connectivity index (χ0v) is 12.1. The van der Waals surface area contributed by atoms with Crippen molar-refractivity contribution in [1.82, 2.24) is 5.32 Å². The third-order valence-corrected chi connectivity index (χ3v) is 4.73. The van der Waals surface area contributed by atoms with E-state index in [1.807, 2.05) is 31.2 Å². The first-order valence-electron chi connectivity index (χ1n) is 7.69. The second kappa shape index (κ2) is 5.86. The average molecular weight is 273 g/mol. The first-order valence-corrected chi connectivity index (χ1v) is 7.69. The molecule has 108 valence electrons. The van der Waals surface area contributed by atoms with Gasteiger partial charge in [-0.05, 0) is 55.7 Å². The number of hydrogen-bond acceptors (Lipinski definition) is 2. The Morgan fingerprint density at radius 2 is 2.25 bits per heavy atom. The Kier molecular flexibility index (Phi) is 3.95. The minimum Gasteiger partial charge on any atom is -0.492 e. The normalized spacial score (nSPS) is 27.6. The number of rotatable bonds is 5. The second-order valence-electron chi connectivity index (χ2n) is 6.24. The molecule has 0 spiro atoms.